The van der Waals surface area contributed by atoms with E-state index >= 15 is 0 Å². The molecule has 1 unspecified atom stereocenters. The smallest absolute Gasteiger partial charge is 0.137 e. The summed E-state index contributed by atoms with van der Waals surface area (Å²) >= 11 is 6.79. The van der Waals surface area contributed by atoms with Gasteiger partial charge in [0, 0.05) is 17.3 Å². The van der Waals surface area contributed by atoms with Gasteiger partial charge in [0.05, 0.1) is 11.6 Å². The zero-order valence-electron chi connectivity index (χ0n) is 11.8. The van der Waals surface area contributed by atoms with Gasteiger partial charge in [0.25, 0.3) is 0 Å². The maximum Gasteiger partial charge on any atom is 0.137 e. The molecule has 0 aliphatic rings. The first-order valence-corrected chi connectivity index (χ1v) is 7.75. The van der Waals surface area contributed by atoms with Crippen molar-refractivity contribution in [3.8, 4) is 0 Å². The summed E-state index contributed by atoms with van der Waals surface area (Å²) < 4.78 is 0. The number of hydrogen-bond donors (Lipinski definition) is 2. The summed E-state index contributed by atoms with van der Waals surface area (Å²) in [7, 11) is 0. The number of nitrogens with zero attached hydrogens (tertiary/aromatic N) is 2. The molecule has 0 saturated carbocycles. The van der Waals surface area contributed by atoms with Crippen molar-refractivity contribution < 1.29 is 0 Å². The summed E-state index contributed by atoms with van der Waals surface area (Å²) in [6.45, 7) is 6.08. The molecule has 4 nitrogen and oxygen atoms in total. The Hall–Kier alpha value is -1.53. The molecule has 0 bridgehead atoms. The quantitative estimate of drug-likeness (QED) is 0.829. The fourth-order valence-corrected chi connectivity index (χ4v) is 3.19. The first kappa shape index (κ1) is 14.9. The predicted molar refractivity (Wildman–Crippen MR) is 88.4 cm³/mol. The fraction of sp³-hybridized carbons (Fsp3) is 0.357. The van der Waals surface area contributed by atoms with E-state index < -0.39 is 0 Å². The van der Waals surface area contributed by atoms with E-state index in [0.29, 0.717) is 4.99 Å². The largest absolute Gasteiger partial charge is 0.389 e. The maximum absolute atomic E-state index is 5.84. The van der Waals surface area contributed by atoms with Gasteiger partial charge in [-0.15, -0.1) is 11.3 Å². The van der Waals surface area contributed by atoms with Gasteiger partial charge in [-0.1, -0.05) is 19.1 Å². The van der Waals surface area contributed by atoms with E-state index in [2.05, 4.69) is 22.2 Å². The topological polar surface area (TPSA) is 63.8 Å². The zero-order chi connectivity index (χ0) is 14.7. The molecule has 3 N–H and O–H groups in total. The highest BCUT2D eigenvalue weighted by molar-refractivity contribution is 7.80. The number of anilines is 1. The highest BCUT2D eigenvalue weighted by atomic mass is 32.1. The Morgan fingerprint density at radius 3 is 2.80 bits per heavy atom. The number of hydrogen-bond acceptors (Lipinski definition) is 5. The molecule has 0 aliphatic heterocycles. The van der Waals surface area contributed by atoms with E-state index in [1.165, 1.54) is 0 Å². The minimum atomic E-state index is 0.122. The number of pyridine rings is 1. The lowest BCUT2D eigenvalue weighted by Gasteiger charge is -2.19. The molecule has 1 atom stereocenters. The molecular weight excluding hydrogens is 288 g/mol. The molecule has 2 aromatic rings. The lowest BCUT2D eigenvalue weighted by atomic mass is 10.1. The Balaban J connectivity index is 2.39. The Morgan fingerprint density at radius 1 is 1.50 bits per heavy atom. The Morgan fingerprint density at radius 2 is 2.25 bits per heavy atom. The third-order valence-electron chi connectivity index (χ3n) is 3.06. The minimum absolute atomic E-state index is 0.122. The predicted octanol–water partition coefficient (Wildman–Crippen LogP) is 3.35. The molecular formula is C14H18N4S2. The van der Waals surface area contributed by atoms with Crippen LogP contribution in [-0.2, 0) is 0 Å². The highest BCUT2D eigenvalue weighted by Crippen LogP contribution is 2.26. The Kier molecular flexibility index (Phi) is 4.67. The summed E-state index contributed by atoms with van der Waals surface area (Å²) in [5.41, 5.74) is 8.65. The van der Waals surface area contributed by atoms with Crippen LogP contribution in [0.1, 0.15) is 41.2 Å². The van der Waals surface area contributed by atoms with E-state index in [-0.39, 0.29) is 6.04 Å². The monoisotopic (exact) mass is 306 g/mol. The van der Waals surface area contributed by atoms with Crippen molar-refractivity contribution in [2.75, 3.05) is 5.32 Å². The average molecular weight is 306 g/mol. The van der Waals surface area contributed by atoms with E-state index in [4.69, 9.17) is 18.0 Å². The molecule has 0 fully saturated rings. The molecule has 0 aliphatic carbocycles. The minimum Gasteiger partial charge on any atom is -0.389 e. The molecule has 2 aromatic heterocycles. The highest BCUT2D eigenvalue weighted by Gasteiger charge is 2.17. The van der Waals surface area contributed by atoms with Crippen molar-refractivity contribution in [2.45, 2.75) is 33.2 Å². The third kappa shape index (κ3) is 3.13. The summed E-state index contributed by atoms with van der Waals surface area (Å²) in [4.78, 5) is 9.29. The number of rotatable bonds is 5. The maximum atomic E-state index is 5.84. The molecule has 0 aromatic carbocycles. The van der Waals surface area contributed by atoms with Gasteiger partial charge in [-0.2, -0.15) is 0 Å². The number of nitrogens with two attached hydrogens (primary N) is 1. The summed E-state index contributed by atoms with van der Waals surface area (Å²) in [5.74, 6) is 0.747. The van der Waals surface area contributed by atoms with Crippen LogP contribution in [0.2, 0.25) is 0 Å². The van der Waals surface area contributed by atoms with Crippen LogP contribution in [0.5, 0.6) is 0 Å². The molecule has 2 rings (SSSR count). The van der Waals surface area contributed by atoms with Crippen molar-refractivity contribution in [3.63, 3.8) is 0 Å². The van der Waals surface area contributed by atoms with E-state index in [1.807, 2.05) is 31.5 Å². The molecule has 106 valence electrons. The van der Waals surface area contributed by atoms with Crippen LogP contribution in [0, 0.1) is 13.8 Å². The van der Waals surface area contributed by atoms with E-state index in [1.54, 1.807) is 11.3 Å². The summed E-state index contributed by atoms with van der Waals surface area (Å²) in [5, 5.41) is 6.45. The zero-order valence-corrected chi connectivity index (χ0v) is 13.4. The molecule has 2 heterocycles. The van der Waals surface area contributed by atoms with Crippen LogP contribution in [-0.4, -0.2) is 15.0 Å². The van der Waals surface area contributed by atoms with Gasteiger partial charge >= 0.3 is 0 Å². The van der Waals surface area contributed by atoms with Crippen molar-refractivity contribution in [1.29, 1.82) is 0 Å². The van der Waals surface area contributed by atoms with Gasteiger partial charge in [-0.25, -0.2) is 9.97 Å². The summed E-state index contributed by atoms with van der Waals surface area (Å²) in [6, 6.07) is 2.11. The number of aromatic nitrogens is 2. The SMILES string of the molecule is CCC(Nc1nc(C)cc(C)c1C(N)=S)c1nccs1. The van der Waals surface area contributed by atoms with E-state index in [9.17, 15) is 0 Å². The first-order chi connectivity index (χ1) is 9.52. The van der Waals surface area contributed by atoms with Crippen molar-refractivity contribution in [1.82, 2.24) is 9.97 Å². The van der Waals surface area contributed by atoms with Gasteiger partial charge in [0.2, 0.25) is 0 Å². The van der Waals surface area contributed by atoms with Crippen LogP contribution in [0.3, 0.4) is 0 Å². The molecule has 0 saturated heterocycles. The first-order valence-electron chi connectivity index (χ1n) is 6.47. The van der Waals surface area contributed by atoms with Gasteiger partial charge in [-0.3, -0.25) is 0 Å². The second-order valence-corrected chi connectivity index (χ2v) is 6.01. The molecule has 0 radical (unpaired) electrons. The summed E-state index contributed by atoms with van der Waals surface area (Å²) in [6.07, 6.45) is 2.73. The van der Waals surface area contributed by atoms with Crippen LogP contribution < -0.4 is 11.1 Å². The molecule has 0 spiro atoms. The molecule has 20 heavy (non-hydrogen) atoms. The molecule has 0 amide bonds. The van der Waals surface area contributed by atoms with Crippen LogP contribution >= 0.6 is 23.6 Å². The van der Waals surface area contributed by atoms with Gasteiger partial charge in [-0.05, 0) is 31.9 Å². The van der Waals surface area contributed by atoms with Gasteiger partial charge < -0.3 is 11.1 Å². The van der Waals surface area contributed by atoms with Crippen molar-refractivity contribution in [2.24, 2.45) is 5.73 Å². The number of nitrogens with one attached hydrogen (secondary N) is 1. The Labute approximate surface area is 128 Å². The third-order valence-corrected chi connectivity index (χ3v) is 4.15. The van der Waals surface area contributed by atoms with Crippen molar-refractivity contribution in [3.05, 3.63) is 39.5 Å². The van der Waals surface area contributed by atoms with E-state index in [0.717, 1.165) is 34.1 Å². The second kappa shape index (κ2) is 6.28. The standard InChI is InChI=1S/C14H18N4S2/c1-4-10(14-16-5-6-20-14)18-13-11(12(15)19)8(2)7-9(3)17-13/h5-7,10H,4H2,1-3H3,(H2,15,19)(H,17,18). The molecule has 6 heteroatoms. The van der Waals surface area contributed by atoms with Crippen LogP contribution in [0.25, 0.3) is 0 Å². The van der Waals surface area contributed by atoms with Gasteiger partial charge in [0.15, 0.2) is 0 Å². The number of thiazole rings is 1. The number of aryl methyl sites for hydroxylation is 2. The second-order valence-electron chi connectivity index (χ2n) is 4.64. The fourth-order valence-electron chi connectivity index (χ4n) is 2.16. The normalized spacial score (nSPS) is 12.2. The van der Waals surface area contributed by atoms with Crippen LogP contribution in [0.15, 0.2) is 17.6 Å². The lowest BCUT2D eigenvalue weighted by Crippen LogP contribution is -2.19. The average Bonchev–Trinajstić information content (AvgIpc) is 2.88. The Bertz CT molecular complexity index is 608. The van der Waals surface area contributed by atoms with Crippen LogP contribution in [0.4, 0.5) is 5.82 Å². The number of thiocarbonyl (C=S) groups is 1. The van der Waals surface area contributed by atoms with Crippen molar-refractivity contribution >= 4 is 34.4 Å². The van der Waals surface area contributed by atoms with Gasteiger partial charge in [0.1, 0.15) is 15.8 Å². The lowest BCUT2D eigenvalue weighted by molar-refractivity contribution is 0.736.